The Morgan fingerprint density at radius 3 is 2.70 bits per heavy atom. The molecule has 0 bridgehead atoms. The number of ether oxygens (including phenoxy) is 3. The number of hydrogen-bond donors (Lipinski definition) is 1. The Kier molecular flexibility index (Phi) is 8.09. The van der Waals surface area contributed by atoms with Gasteiger partial charge in [-0.05, 0) is 38.0 Å². The van der Waals surface area contributed by atoms with Gasteiger partial charge in [-0.2, -0.15) is 15.2 Å². The summed E-state index contributed by atoms with van der Waals surface area (Å²) in [6, 6.07) is 3.19. The van der Waals surface area contributed by atoms with Gasteiger partial charge in [0.15, 0.2) is 0 Å². The Balaban J connectivity index is 1.58. The Morgan fingerprint density at radius 2 is 2.02 bits per heavy atom. The molecule has 4 aromatic rings. The monoisotopic (exact) mass is 572 g/mol. The van der Waals surface area contributed by atoms with Crippen LogP contribution in [-0.2, 0) is 9.53 Å². The molecule has 0 radical (unpaired) electrons. The third-order valence-electron chi connectivity index (χ3n) is 6.77. The van der Waals surface area contributed by atoms with Crippen LogP contribution >= 0.6 is 11.3 Å². The number of carbonyl (C=O) groups excluding carboxylic acids is 1. The molecule has 12 nitrogen and oxygen atoms in total. The molecule has 1 amide bonds. The van der Waals surface area contributed by atoms with E-state index in [2.05, 4.69) is 15.2 Å². The number of aliphatic hydroxyl groups is 1. The second kappa shape index (κ2) is 11.7. The molecule has 1 saturated heterocycles. The molecule has 3 aromatic heterocycles. The van der Waals surface area contributed by atoms with Gasteiger partial charge in [0.2, 0.25) is 5.91 Å². The minimum Gasteiger partial charge on any atom is -0.496 e. The Bertz CT molecular complexity index is 1570. The number of methoxy groups -OCH3 is 1. The number of aryl methyl sites for hydroxylation is 1. The van der Waals surface area contributed by atoms with E-state index in [-0.39, 0.29) is 31.7 Å². The predicted octanol–water partition coefficient (Wildman–Crippen LogP) is 2.42. The van der Waals surface area contributed by atoms with Crippen LogP contribution < -0.4 is 15.0 Å². The molecule has 1 N–H and O–H groups in total. The summed E-state index contributed by atoms with van der Waals surface area (Å²) in [7, 11) is 3.14. The largest absolute Gasteiger partial charge is 0.496 e. The summed E-state index contributed by atoms with van der Waals surface area (Å²) < 4.78 is 33.0. The Morgan fingerprint density at radius 1 is 1.25 bits per heavy atom. The number of likely N-dealkylation sites (tertiary alicyclic amines) is 1. The van der Waals surface area contributed by atoms with Gasteiger partial charge in [-0.25, -0.2) is 8.96 Å². The second-order valence-corrected chi connectivity index (χ2v) is 10.3. The van der Waals surface area contributed by atoms with Gasteiger partial charge in [0.25, 0.3) is 5.56 Å². The molecular weight excluding hydrogens is 543 g/mol. The van der Waals surface area contributed by atoms with Gasteiger partial charge < -0.3 is 24.2 Å². The zero-order valence-electron chi connectivity index (χ0n) is 22.2. The van der Waals surface area contributed by atoms with Crippen molar-refractivity contribution in [1.29, 1.82) is 0 Å². The zero-order chi connectivity index (χ0) is 28.4. The predicted molar refractivity (Wildman–Crippen MR) is 144 cm³/mol. The fraction of sp³-hybridized carbons (Fsp3) is 0.423. The van der Waals surface area contributed by atoms with Gasteiger partial charge in [-0.3, -0.25) is 9.59 Å². The summed E-state index contributed by atoms with van der Waals surface area (Å²) in [6.07, 6.45) is 3.01. The first-order valence-electron chi connectivity index (χ1n) is 12.7. The van der Waals surface area contributed by atoms with Crippen molar-refractivity contribution in [3.8, 4) is 16.8 Å². The summed E-state index contributed by atoms with van der Waals surface area (Å²) in [5, 5.41) is 18.6. The van der Waals surface area contributed by atoms with Gasteiger partial charge in [0.1, 0.15) is 40.2 Å². The van der Waals surface area contributed by atoms with Gasteiger partial charge in [0.05, 0.1) is 24.9 Å². The number of hydrogen-bond acceptors (Lipinski definition) is 10. The molecule has 1 aromatic carbocycles. The fourth-order valence-corrected chi connectivity index (χ4v) is 5.80. The molecule has 14 heteroatoms. The van der Waals surface area contributed by atoms with Crippen molar-refractivity contribution in [3.05, 3.63) is 57.9 Å². The van der Waals surface area contributed by atoms with E-state index in [0.717, 1.165) is 0 Å². The van der Waals surface area contributed by atoms with Crippen LogP contribution in [0.3, 0.4) is 0 Å². The number of carbonyl (C=O) groups is 1. The van der Waals surface area contributed by atoms with Gasteiger partial charge in [-0.1, -0.05) is 11.3 Å². The van der Waals surface area contributed by atoms with Gasteiger partial charge >= 0.3 is 6.01 Å². The quantitative estimate of drug-likeness (QED) is 0.269. The topological polar surface area (TPSA) is 134 Å². The lowest BCUT2D eigenvalue weighted by Gasteiger charge is -2.23. The summed E-state index contributed by atoms with van der Waals surface area (Å²) in [6.45, 7) is 2.17. The Hall–Kier alpha value is -3.88. The zero-order valence-corrected chi connectivity index (χ0v) is 23.1. The van der Waals surface area contributed by atoms with E-state index in [1.807, 2.05) is 0 Å². The van der Waals surface area contributed by atoms with Crippen LogP contribution in [-0.4, -0.2) is 81.0 Å². The van der Waals surface area contributed by atoms with Crippen LogP contribution in [0.25, 0.3) is 15.2 Å². The van der Waals surface area contributed by atoms with Crippen LogP contribution in [0.2, 0.25) is 0 Å². The highest BCUT2D eigenvalue weighted by Crippen LogP contribution is 2.34. The number of aliphatic hydroxyl groups excluding tert-OH is 1. The number of halogens is 1. The number of fused-ring (bicyclic) bond motifs is 1. The van der Waals surface area contributed by atoms with E-state index < -0.39 is 23.5 Å². The standard InChI is InChI=1S/C26H29FN6O6S/c1-15-21-22(40-25(15)33-28-8-9-29-33)30-26(32(24(21)36)18-7-10-31(2)23(18)35)39-14-20(38-12-4-11-34)17-13-16(27)5-6-19(17)37-3/h5-6,8-9,13,18,20,34H,4,7,10-12,14H2,1-3H3/t18-,20-/m0/s1. The van der Waals surface area contributed by atoms with Crippen molar-refractivity contribution in [2.45, 2.75) is 31.9 Å². The van der Waals surface area contributed by atoms with Crippen molar-refractivity contribution >= 4 is 27.5 Å². The number of amides is 1. The minimum absolute atomic E-state index is 0.0569. The molecule has 40 heavy (non-hydrogen) atoms. The molecule has 0 saturated carbocycles. The summed E-state index contributed by atoms with van der Waals surface area (Å²) in [4.78, 5) is 35.0. The van der Waals surface area contributed by atoms with Crippen molar-refractivity contribution in [1.82, 2.24) is 29.4 Å². The molecule has 0 unspecified atom stereocenters. The van der Waals surface area contributed by atoms with E-state index in [0.29, 0.717) is 51.5 Å². The average molecular weight is 573 g/mol. The van der Waals surface area contributed by atoms with E-state index in [1.54, 1.807) is 18.9 Å². The first kappa shape index (κ1) is 27.7. The molecule has 1 fully saturated rings. The maximum atomic E-state index is 14.2. The van der Waals surface area contributed by atoms with Gasteiger partial charge in [0, 0.05) is 37.9 Å². The molecule has 0 spiro atoms. The summed E-state index contributed by atoms with van der Waals surface area (Å²) in [5.41, 5.74) is 0.621. The molecule has 5 rings (SSSR count). The third-order valence-corrected chi connectivity index (χ3v) is 7.93. The molecular formula is C26H29FN6O6S. The molecule has 1 aliphatic heterocycles. The highest BCUT2D eigenvalue weighted by atomic mass is 32.1. The normalized spacial score (nSPS) is 16.2. The van der Waals surface area contributed by atoms with Crippen LogP contribution in [0.15, 0.2) is 35.4 Å². The maximum absolute atomic E-state index is 14.2. The number of nitrogens with zero attached hydrogens (tertiary/aromatic N) is 6. The smallest absolute Gasteiger partial charge is 0.301 e. The lowest BCUT2D eigenvalue weighted by atomic mass is 10.1. The van der Waals surface area contributed by atoms with E-state index >= 15 is 0 Å². The molecule has 4 heterocycles. The van der Waals surface area contributed by atoms with E-state index in [1.165, 1.54) is 58.4 Å². The average Bonchev–Trinajstić information content (AvgIpc) is 3.67. The second-order valence-electron chi connectivity index (χ2n) is 9.30. The van der Waals surface area contributed by atoms with Crippen molar-refractivity contribution < 1.29 is 28.5 Å². The molecule has 0 aliphatic carbocycles. The molecule has 2 atom stereocenters. The lowest BCUT2D eigenvalue weighted by molar-refractivity contribution is -0.129. The number of thiophene rings is 1. The SMILES string of the molecule is COc1ccc(F)cc1[C@H](COc1nc2sc(-n3nccn3)c(C)c2c(=O)n1[C@H]1CCN(C)C1=O)OCCCO. The summed E-state index contributed by atoms with van der Waals surface area (Å²) >= 11 is 1.23. The maximum Gasteiger partial charge on any atom is 0.301 e. The highest BCUT2D eigenvalue weighted by Gasteiger charge is 2.35. The molecule has 212 valence electrons. The van der Waals surface area contributed by atoms with Crippen molar-refractivity contribution in [2.75, 3.05) is 40.5 Å². The third kappa shape index (κ3) is 5.17. The van der Waals surface area contributed by atoms with Crippen molar-refractivity contribution in [2.24, 2.45) is 0 Å². The fourth-order valence-electron chi connectivity index (χ4n) is 4.72. The van der Waals surface area contributed by atoms with Crippen LogP contribution in [0.5, 0.6) is 11.8 Å². The van der Waals surface area contributed by atoms with Crippen LogP contribution in [0.1, 0.15) is 36.1 Å². The Labute approximate surface area is 232 Å². The first-order chi connectivity index (χ1) is 19.3. The summed E-state index contributed by atoms with van der Waals surface area (Å²) in [5.74, 6) is -0.327. The minimum atomic E-state index is -0.825. The molecule has 1 aliphatic rings. The van der Waals surface area contributed by atoms with E-state index in [4.69, 9.17) is 14.2 Å². The van der Waals surface area contributed by atoms with Crippen molar-refractivity contribution in [3.63, 3.8) is 0 Å². The van der Waals surface area contributed by atoms with Gasteiger partial charge in [-0.15, -0.1) is 4.80 Å². The number of rotatable bonds is 11. The first-order valence-corrected chi connectivity index (χ1v) is 13.5. The highest BCUT2D eigenvalue weighted by molar-refractivity contribution is 7.21. The number of likely N-dealkylation sites (N-methyl/N-ethyl adjacent to an activating group) is 1. The lowest BCUT2D eigenvalue weighted by Crippen LogP contribution is -2.33. The van der Waals surface area contributed by atoms with E-state index in [9.17, 15) is 19.1 Å². The number of benzene rings is 1. The number of aromatic nitrogens is 5. The van der Waals surface area contributed by atoms with Crippen LogP contribution in [0.4, 0.5) is 4.39 Å². The van der Waals surface area contributed by atoms with Crippen LogP contribution in [0, 0.1) is 12.7 Å².